The average molecular weight is 368 g/mol. The predicted molar refractivity (Wildman–Crippen MR) is 90.0 cm³/mol. The molecular formula is C15H18BrN3OS. The summed E-state index contributed by atoms with van der Waals surface area (Å²) in [5.74, 6) is 0. The number of rotatable bonds is 5. The largest absolute Gasteiger partial charge is 0.310 e. The summed E-state index contributed by atoms with van der Waals surface area (Å²) in [5, 5.41) is 3.99. The second-order valence-corrected chi connectivity index (χ2v) is 6.65. The van der Waals surface area contributed by atoms with Gasteiger partial charge in [0.2, 0.25) is 0 Å². The smallest absolute Gasteiger partial charge is 0.251 e. The summed E-state index contributed by atoms with van der Waals surface area (Å²) in [7, 11) is 0. The van der Waals surface area contributed by atoms with E-state index in [2.05, 4.69) is 57.2 Å². The molecule has 0 aliphatic carbocycles. The summed E-state index contributed by atoms with van der Waals surface area (Å²) in [6, 6.07) is 8.03. The average Bonchev–Trinajstić information content (AvgIpc) is 2.40. The molecule has 112 valence electrons. The number of nitrogens with one attached hydrogen (secondary N) is 2. The molecule has 4 nitrogen and oxygen atoms in total. The lowest BCUT2D eigenvalue weighted by Gasteiger charge is -2.14. The Labute approximate surface area is 136 Å². The zero-order chi connectivity index (χ0) is 15.4. The molecule has 0 bridgehead atoms. The molecule has 2 rings (SSSR count). The van der Waals surface area contributed by atoms with Gasteiger partial charge in [-0.15, -0.1) is 0 Å². The van der Waals surface area contributed by atoms with Gasteiger partial charge >= 0.3 is 0 Å². The quantitative estimate of drug-likeness (QED) is 0.791. The molecule has 1 atom stereocenters. The van der Waals surface area contributed by atoms with Gasteiger partial charge in [0.15, 0.2) is 5.16 Å². The number of aromatic nitrogens is 2. The van der Waals surface area contributed by atoms with E-state index < -0.39 is 0 Å². The first-order valence-corrected chi connectivity index (χ1v) is 8.39. The molecule has 0 saturated heterocycles. The van der Waals surface area contributed by atoms with Crippen LogP contribution in [0.2, 0.25) is 0 Å². The Morgan fingerprint density at radius 2 is 2.19 bits per heavy atom. The third kappa shape index (κ3) is 4.43. The fourth-order valence-electron chi connectivity index (χ4n) is 2.00. The van der Waals surface area contributed by atoms with E-state index in [1.54, 1.807) is 0 Å². The normalized spacial score (nSPS) is 12.4. The summed E-state index contributed by atoms with van der Waals surface area (Å²) in [6.45, 7) is 6.98. The van der Waals surface area contributed by atoms with Crippen LogP contribution in [0.25, 0.3) is 0 Å². The minimum atomic E-state index is -0.126. The second kappa shape index (κ2) is 7.24. The zero-order valence-corrected chi connectivity index (χ0v) is 14.6. The highest BCUT2D eigenvalue weighted by atomic mass is 79.9. The van der Waals surface area contributed by atoms with Crippen LogP contribution in [-0.2, 0) is 0 Å². The molecule has 0 radical (unpaired) electrons. The molecule has 0 aliphatic heterocycles. The number of hydrogen-bond donors (Lipinski definition) is 2. The van der Waals surface area contributed by atoms with E-state index in [1.807, 2.05) is 13.0 Å². The molecule has 2 N–H and O–H groups in total. The molecule has 21 heavy (non-hydrogen) atoms. The zero-order valence-electron chi connectivity index (χ0n) is 12.2. The molecular weight excluding hydrogens is 350 g/mol. The minimum Gasteiger partial charge on any atom is -0.310 e. The number of H-pyrrole nitrogens is 1. The van der Waals surface area contributed by atoms with Gasteiger partial charge in [0.05, 0.1) is 0 Å². The van der Waals surface area contributed by atoms with Crippen molar-refractivity contribution in [3.63, 3.8) is 0 Å². The van der Waals surface area contributed by atoms with Gasteiger partial charge in [-0.3, -0.25) is 4.79 Å². The van der Waals surface area contributed by atoms with Gasteiger partial charge in [0.1, 0.15) is 0 Å². The number of nitrogens with zero attached hydrogens (tertiary/aromatic N) is 1. The topological polar surface area (TPSA) is 57.8 Å². The van der Waals surface area contributed by atoms with Crippen molar-refractivity contribution in [1.82, 2.24) is 15.3 Å². The Morgan fingerprint density at radius 1 is 1.43 bits per heavy atom. The van der Waals surface area contributed by atoms with Gasteiger partial charge in [-0.25, -0.2) is 4.98 Å². The van der Waals surface area contributed by atoms with Crippen LogP contribution >= 0.6 is 27.7 Å². The summed E-state index contributed by atoms with van der Waals surface area (Å²) in [4.78, 5) is 19.6. The fraction of sp³-hybridized carbons (Fsp3) is 0.333. The van der Waals surface area contributed by atoms with Gasteiger partial charge in [0, 0.05) is 27.2 Å². The highest BCUT2D eigenvalue weighted by Gasteiger charge is 2.09. The molecule has 0 aliphatic rings. The fourth-order valence-corrected chi connectivity index (χ4v) is 3.48. The summed E-state index contributed by atoms with van der Waals surface area (Å²) < 4.78 is 0.999. The highest BCUT2D eigenvalue weighted by Crippen LogP contribution is 2.33. The maximum Gasteiger partial charge on any atom is 0.251 e. The van der Waals surface area contributed by atoms with E-state index in [-0.39, 0.29) is 5.56 Å². The maximum atomic E-state index is 11.5. The van der Waals surface area contributed by atoms with Crippen LogP contribution in [0.4, 0.5) is 0 Å². The van der Waals surface area contributed by atoms with Crippen LogP contribution in [0.3, 0.4) is 0 Å². The van der Waals surface area contributed by atoms with E-state index in [1.165, 1.54) is 23.4 Å². The first-order valence-electron chi connectivity index (χ1n) is 6.78. The lowest BCUT2D eigenvalue weighted by atomic mass is 10.1. The standard InChI is InChI=1S/C15H18BrN3OS/c1-4-17-10(3)11-5-6-13(12(16)8-11)21-15-18-9(2)7-14(20)19-15/h5-8,10,17H,4H2,1-3H3,(H,18,19,20). The Balaban J connectivity index is 2.23. The molecule has 6 heteroatoms. The Bertz CT molecular complexity index is 687. The van der Waals surface area contributed by atoms with Crippen molar-refractivity contribution in [3.05, 3.63) is 50.3 Å². The first-order chi connectivity index (χ1) is 9.99. The second-order valence-electron chi connectivity index (χ2n) is 4.76. The van der Waals surface area contributed by atoms with Crippen LogP contribution in [-0.4, -0.2) is 16.5 Å². The Kier molecular flexibility index (Phi) is 5.61. The molecule has 1 aromatic heterocycles. The van der Waals surface area contributed by atoms with Crippen LogP contribution in [0.5, 0.6) is 0 Å². The summed E-state index contributed by atoms with van der Waals surface area (Å²) >= 11 is 5.04. The third-order valence-electron chi connectivity index (χ3n) is 3.02. The number of benzene rings is 1. The van der Waals surface area contributed by atoms with E-state index in [0.29, 0.717) is 11.2 Å². The van der Waals surface area contributed by atoms with Crippen molar-refractivity contribution in [1.29, 1.82) is 0 Å². The minimum absolute atomic E-state index is 0.126. The first kappa shape index (κ1) is 16.3. The lowest BCUT2D eigenvalue weighted by Crippen LogP contribution is -2.17. The molecule has 0 amide bonds. The molecule has 2 aromatic rings. The van der Waals surface area contributed by atoms with Crippen molar-refractivity contribution in [3.8, 4) is 0 Å². The molecule has 1 aromatic carbocycles. The van der Waals surface area contributed by atoms with Gasteiger partial charge in [-0.2, -0.15) is 0 Å². The van der Waals surface area contributed by atoms with E-state index in [9.17, 15) is 4.79 Å². The predicted octanol–water partition coefficient (Wildman–Crippen LogP) is 3.66. The van der Waals surface area contributed by atoms with Crippen LogP contribution < -0.4 is 10.9 Å². The highest BCUT2D eigenvalue weighted by molar-refractivity contribution is 9.10. The van der Waals surface area contributed by atoms with Crippen molar-refractivity contribution in [2.45, 2.75) is 36.9 Å². The molecule has 0 saturated carbocycles. The van der Waals surface area contributed by atoms with E-state index in [0.717, 1.165) is 21.6 Å². The molecule has 1 heterocycles. The van der Waals surface area contributed by atoms with Gasteiger partial charge < -0.3 is 10.3 Å². The number of hydrogen-bond acceptors (Lipinski definition) is 4. The van der Waals surface area contributed by atoms with Gasteiger partial charge in [-0.05, 0) is 54.0 Å². The van der Waals surface area contributed by atoms with Gasteiger partial charge in [0.25, 0.3) is 5.56 Å². The molecule has 0 spiro atoms. The van der Waals surface area contributed by atoms with E-state index in [4.69, 9.17) is 0 Å². The van der Waals surface area contributed by atoms with E-state index >= 15 is 0 Å². The van der Waals surface area contributed by atoms with Crippen LogP contribution in [0, 0.1) is 6.92 Å². The number of halogens is 1. The maximum absolute atomic E-state index is 11.5. The SMILES string of the molecule is CCNC(C)c1ccc(Sc2nc(C)cc(=O)[nH]2)c(Br)c1. The van der Waals surface area contributed by atoms with Crippen molar-refractivity contribution in [2.24, 2.45) is 0 Å². The third-order valence-corrected chi connectivity index (χ3v) is 4.90. The molecule has 0 fully saturated rings. The Morgan fingerprint density at radius 3 is 2.81 bits per heavy atom. The summed E-state index contributed by atoms with van der Waals surface area (Å²) in [6.07, 6.45) is 0. The number of aromatic amines is 1. The van der Waals surface area contributed by atoms with Gasteiger partial charge in [-0.1, -0.05) is 24.8 Å². The van der Waals surface area contributed by atoms with Crippen LogP contribution in [0.15, 0.2) is 43.6 Å². The Hall–Kier alpha value is -1.11. The van der Waals surface area contributed by atoms with Crippen LogP contribution in [0.1, 0.15) is 31.1 Å². The van der Waals surface area contributed by atoms with Crippen molar-refractivity contribution >= 4 is 27.7 Å². The lowest BCUT2D eigenvalue weighted by molar-refractivity contribution is 0.597. The summed E-state index contributed by atoms with van der Waals surface area (Å²) in [5.41, 5.74) is 1.81. The molecule has 1 unspecified atom stereocenters. The monoisotopic (exact) mass is 367 g/mol. The number of aryl methyl sites for hydroxylation is 1. The van der Waals surface area contributed by atoms with Crippen molar-refractivity contribution < 1.29 is 0 Å². The van der Waals surface area contributed by atoms with Crippen molar-refractivity contribution in [2.75, 3.05) is 6.54 Å².